The van der Waals surface area contributed by atoms with Gasteiger partial charge in [-0.15, -0.1) is 0 Å². The third-order valence-corrected chi connectivity index (χ3v) is 6.29. The lowest BCUT2D eigenvalue weighted by Crippen LogP contribution is -2.32. The highest BCUT2D eigenvalue weighted by atomic mass is 16.6. The Bertz CT molecular complexity index is 1410. The first-order valence-electron chi connectivity index (χ1n) is 10.8. The molecule has 7 nitrogen and oxygen atoms in total. The van der Waals surface area contributed by atoms with Gasteiger partial charge in [-0.1, -0.05) is 25.1 Å². The second kappa shape index (κ2) is 8.26. The van der Waals surface area contributed by atoms with Crippen molar-refractivity contribution in [3.05, 3.63) is 74.9 Å². The number of nitrogens with zero attached hydrogens (tertiary/aromatic N) is 1. The van der Waals surface area contributed by atoms with Crippen LogP contribution in [0.2, 0.25) is 0 Å². The summed E-state index contributed by atoms with van der Waals surface area (Å²) in [6.45, 7) is 4.68. The zero-order chi connectivity index (χ0) is 22.2. The van der Waals surface area contributed by atoms with E-state index in [9.17, 15) is 9.59 Å². The fraction of sp³-hybridized carbons (Fsp3) is 0.280. The minimum absolute atomic E-state index is 0.306. The van der Waals surface area contributed by atoms with E-state index < -0.39 is 11.3 Å². The van der Waals surface area contributed by atoms with Crippen molar-refractivity contribution in [1.29, 1.82) is 0 Å². The van der Waals surface area contributed by atoms with Crippen LogP contribution in [0.25, 0.3) is 33.1 Å². The van der Waals surface area contributed by atoms with Crippen molar-refractivity contribution in [2.24, 2.45) is 11.8 Å². The van der Waals surface area contributed by atoms with Crippen molar-refractivity contribution in [1.82, 2.24) is 4.90 Å². The molecule has 7 heteroatoms. The summed E-state index contributed by atoms with van der Waals surface area (Å²) < 4.78 is 11.1. The largest absolute Gasteiger partial charge is 0.422 e. The molecular formula is C25H24N2O5. The van der Waals surface area contributed by atoms with Crippen molar-refractivity contribution in [3.8, 4) is 16.9 Å². The number of piperidine rings is 1. The molecule has 0 bridgehead atoms. The Morgan fingerprint density at radius 1 is 1.03 bits per heavy atom. The summed E-state index contributed by atoms with van der Waals surface area (Å²) in [5.41, 5.74) is 1.27. The molecular weight excluding hydrogens is 408 g/mol. The van der Waals surface area contributed by atoms with E-state index >= 15 is 0 Å². The van der Waals surface area contributed by atoms with E-state index in [-0.39, 0.29) is 0 Å². The van der Waals surface area contributed by atoms with Crippen molar-refractivity contribution in [2.75, 3.05) is 13.1 Å². The summed E-state index contributed by atoms with van der Waals surface area (Å²) in [5.74, 6) is 6.68. The number of rotatable bonds is 4. The normalized spacial score (nSPS) is 15.4. The molecule has 0 atom stereocenters. The average molecular weight is 432 g/mol. The first-order chi connectivity index (χ1) is 15.5. The van der Waals surface area contributed by atoms with Gasteiger partial charge < -0.3 is 13.7 Å². The number of nitrogens with two attached hydrogens (primary N) is 1. The van der Waals surface area contributed by atoms with Crippen LogP contribution in [0.3, 0.4) is 0 Å². The van der Waals surface area contributed by atoms with E-state index in [0.717, 1.165) is 31.3 Å². The molecule has 2 N–H and O–H groups in total. The zero-order valence-corrected chi connectivity index (χ0v) is 17.8. The van der Waals surface area contributed by atoms with Gasteiger partial charge in [-0.25, -0.2) is 9.59 Å². The maximum absolute atomic E-state index is 12.8. The first-order valence-corrected chi connectivity index (χ1v) is 10.8. The van der Waals surface area contributed by atoms with Crippen molar-refractivity contribution in [2.45, 2.75) is 26.3 Å². The molecule has 0 amide bonds. The van der Waals surface area contributed by atoms with E-state index in [1.165, 1.54) is 6.07 Å². The molecule has 1 aliphatic heterocycles. The van der Waals surface area contributed by atoms with Crippen LogP contribution >= 0.6 is 0 Å². The standard InChI is InChI=1S/C25H24N2O5/c1-15-8-10-27(11-9-15)14-20-22(32-26)7-6-17-18(13-23(28)31-24(17)20)19-12-16-4-2-3-5-21(16)30-25(19)29/h2-7,12-13,15H,8-11,14,26H2,1H3. The lowest BCUT2D eigenvalue weighted by atomic mass is 9.97. The van der Waals surface area contributed by atoms with Crippen molar-refractivity contribution in [3.63, 3.8) is 0 Å². The molecule has 32 heavy (non-hydrogen) atoms. The monoisotopic (exact) mass is 432 g/mol. The Kier molecular flexibility index (Phi) is 5.28. The molecule has 0 saturated carbocycles. The van der Waals surface area contributed by atoms with Gasteiger partial charge in [-0.3, -0.25) is 4.90 Å². The minimum Gasteiger partial charge on any atom is -0.422 e. The van der Waals surface area contributed by atoms with E-state index in [4.69, 9.17) is 19.6 Å². The third kappa shape index (κ3) is 3.70. The summed E-state index contributed by atoms with van der Waals surface area (Å²) in [7, 11) is 0. The second-order valence-corrected chi connectivity index (χ2v) is 8.46. The summed E-state index contributed by atoms with van der Waals surface area (Å²) in [6, 6.07) is 13.8. The number of hydrogen-bond donors (Lipinski definition) is 1. The Hall–Kier alpha value is -3.42. The molecule has 0 radical (unpaired) electrons. The molecule has 5 rings (SSSR count). The van der Waals surface area contributed by atoms with E-state index in [1.54, 1.807) is 30.3 Å². The number of fused-ring (bicyclic) bond motifs is 2. The third-order valence-electron chi connectivity index (χ3n) is 6.29. The quantitative estimate of drug-likeness (QED) is 0.384. The van der Waals surface area contributed by atoms with E-state index in [1.807, 2.05) is 12.1 Å². The summed E-state index contributed by atoms with van der Waals surface area (Å²) in [6.07, 6.45) is 2.22. The van der Waals surface area contributed by atoms with Gasteiger partial charge in [-0.05, 0) is 56.1 Å². The van der Waals surface area contributed by atoms with Crippen LogP contribution in [0.15, 0.2) is 67.0 Å². The zero-order valence-electron chi connectivity index (χ0n) is 17.8. The van der Waals surface area contributed by atoms with Crippen LogP contribution in [0.1, 0.15) is 25.3 Å². The molecule has 0 aliphatic carbocycles. The molecule has 1 saturated heterocycles. The molecule has 1 fully saturated rings. The smallest absolute Gasteiger partial charge is 0.344 e. The molecule has 2 aromatic heterocycles. The molecule has 1 aliphatic rings. The fourth-order valence-corrected chi connectivity index (χ4v) is 4.44. The number of benzene rings is 2. The van der Waals surface area contributed by atoms with E-state index in [2.05, 4.69) is 11.8 Å². The van der Waals surface area contributed by atoms with E-state index in [0.29, 0.717) is 51.5 Å². The van der Waals surface area contributed by atoms with Gasteiger partial charge >= 0.3 is 11.3 Å². The minimum atomic E-state index is -0.553. The topological polar surface area (TPSA) is 98.9 Å². The molecule has 4 aromatic rings. The number of hydrogen-bond acceptors (Lipinski definition) is 7. The molecule has 0 spiro atoms. The molecule has 2 aromatic carbocycles. The highest BCUT2D eigenvalue weighted by Crippen LogP contribution is 2.34. The maximum atomic E-state index is 12.8. The van der Waals surface area contributed by atoms with Gasteiger partial charge in [0.1, 0.15) is 11.2 Å². The van der Waals surface area contributed by atoms with Crippen LogP contribution in [0.4, 0.5) is 0 Å². The van der Waals surface area contributed by atoms with Crippen LogP contribution in [-0.2, 0) is 6.54 Å². The average Bonchev–Trinajstić information content (AvgIpc) is 2.80. The molecule has 164 valence electrons. The predicted octanol–water partition coefficient (Wildman–Crippen LogP) is 4.05. The highest BCUT2D eigenvalue weighted by Gasteiger charge is 2.22. The Balaban J connectivity index is 1.70. The predicted molar refractivity (Wildman–Crippen MR) is 122 cm³/mol. The van der Waals surface area contributed by atoms with Crippen LogP contribution in [-0.4, -0.2) is 18.0 Å². The van der Waals surface area contributed by atoms with Crippen LogP contribution in [0, 0.1) is 5.92 Å². The van der Waals surface area contributed by atoms with Crippen molar-refractivity contribution >= 4 is 21.9 Å². The van der Waals surface area contributed by atoms with Crippen molar-refractivity contribution < 1.29 is 13.7 Å². The number of para-hydroxylation sites is 1. The Morgan fingerprint density at radius 3 is 2.59 bits per heavy atom. The maximum Gasteiger partial charge on any atom is 0.344 e. The fourth-order valence-electron chi connectivity index (χ4n) is 4.44. The van der Waals surface area contributed by atoms with Gasteiger partial charge in [0.15, 0.2) is 5.75 Å². The summed E-state index contributed by atoms with van der Waals surface area (Å²) >= 11 is 0. The summed E-state index contributed by atoms with van der Waals surface area (Å²) in [5, 5.41) is 1.40. The van der Waals surface area contributed by atoms with Crippen LogP contribution < -0.4 is 22.0 Å². The second-order valence-electron chi connectivity index (χ2n) is 8.46. The lowest BCUT2D eigenvalue weighted by Gasteiger charge is -2.30. The SMILES string of the molecule is CC1CCN(Cc2c(ON)ccc3c(-c4cc5ccccc5oc4=O)cc(=O)oc23)CC1. The van der Waals surface area contributed by atoms with Gasteiger partial charge in [-0.2, -0.15) is 5.90 Å². The van der Waals surface area contributed by atoms with Gasteiger partial charge in [0, 0.05) is 28.9 Å². The lowest BCUT2D eigenvalue weighted by molar-refractivity contribution is 0.182. The highest BCUT2D eigenvalue weighted by molar-refractivity contribution is 5.97. The molecule has 3 heterocycles. The Morgan fingerprint density at radius 2 is 1.81 bits per heavy atom. The number of likely N-dealkylation sites (tertiary alicyclic amines) is 1. The summed E-state index contributed by atoms with van der Waals surface area (Å²) in [4.78, 5) is 32.8. The first kappa shape index (κ1) is 20.5. The molecule has 0 unspecified atom stereocenters. The Labute approximate surface area is 184 Å². The van der Waals surface area contributed by atoms with Gasteiger partial charge in [0.05, 0.1) is 11.1 Å². The van der Waals surface area contributed by atoms with Crippen LogP contribution in [0.5, 0.6) is 5.75 Å². The van der Waals surface area contributed by atoms with Gasteiger partial charge in [0.2, 0.25) is 0 Å². The van der Waals surface area contributed by atoms with Gasteiger partial charge in [0.25, 0.3) is 0 Å².